The van der Waals surface area contributed by atoms with Crippen molar-refractivity contribution in [3.8, 4) is 0 Å². The van der Waals surface area contributed by atoms with Gasteiger partial charge in [0.05, 0.1) is 12.2 Å². The molecule has 3 heteroatoms. The molecule has 0 radical (unpaired) electrons. The van der Waals surface area contributed by atoms with Gasteiger partial charge in [-0.1, -0.05) is 0 Å². The van der Waals surface area contributed by atoms with Gasteiger partial charge in [-0.05, 0) is 33.6 Å². The van der Waals surface area contributed by atoms with Crippen LogP contribution in [0.4, 0.5) is 0 Å². The van der Waals surface area contributed by atoms with E-state index in [1.54, 1.807) is 0 Å². The smallest absolute Gasteiger partial charge is 0.0606 e. The number of hydrogen-bond donors (Lipinski definition) is 0. The van der Waals surface area contributed by atoms with Crippen LogP contribution in [0.1, 0.15) is 33.6 Å². The van der Waals surface area contributed by atoms with Gasteiger partial charge in [0, 0.05) is 35.5 Å². The Labute approximate surface area is 89.1 Å². The highest BCUT2D eigenvalue weighted by Gasteiger charge is 2.24. The lowest BCUT2D eigenvalue weighted by Gasteiger charge is -2.34. The van der Waals surface area contributed by atoms with Crippen LogP contribution in [0.2, 0.25) is 0 Å². The van der Waals surface area contributed by atoms with Gasteiger partial charge in [-0.25, -0.2) is 3.11 Å². The molecule has 2 atom stereocenters. The zero-order chi connectivity index (χ0) is 9.14. The summed E-state index contributed by atoms with van der Waals surface area (Å²) in [6, 6.07) is 0.670. The van der Waals surface area contributed by atoms with Gasteiger partial charge in [0.1, 0.15) is 0 Å². The minimum Gasteiger partial charge on any atom is -0.375 e. The Balaban J connectivity index is 2.30. The Hall–Kier alpha value is 0.650. The lowest BCUT2D eigenvalue weighted by atomic mass is 10.0. The molecular weight excluding hydrogens is 265 g/mol. The van der Waals surface area contributed by atoms with E-state index in [1.165, 1.54) is 19.4 Å². The standard InChI is InChI=1S/C9H18INO/c1-7(2)12-9-4-5-11(10)8(3)6-9/h7-9H,4-6H2,1-3H3/t8-,9-/m1/s1. The number of piperidine rings is 1. The Kier molecular flexibility index (Phi) is 4.26. The maximum absolute atomic E-state index is 5.78. The van der Waals surface area contributed by atoms with E-state index in [0.717, 1.165) is 0 Å². The molecule has 0 aromatic heterocycles. The molecule has 0 aromatic rings. The lowest BCUT2D eigenvalue weighted by molar-refractivity contribution is -0.0238. The van der Waals surface area contributed by atoms with Crippen molar-refractivity contribution in [1.29, 1.82) is 0 Å². The van der Waals surface area contributed by atoms with E-state index in [-0.39, 0.29) is 0 Å². The SMILES string of the molecule is CC(C)O[C@@H]1CCN(I)[C@H](C)C1. The molecule has 0 amide bonds. The van der Waals surface area contributed by atoms with Crippen LogP contribution in [0.15, 0.2) is 0 Å². The van der Waals surface area contributed by atoms with Gasteiger partial charge in [-0.2, -0.15) is 0 Å². The quantitative estimate of drug-likeness (QED) is 0.570. The molecule has 0 aromatic carbocycles. The van der Waals surface area contributed by atoms with Gasteiger partial charge in [0.2, 0.25) is 0 Å². The molecule has 1 aliphatic rings. The molecule has 12 heavy (non-hydrogen) atoms. The van der Waals surface area contributed by atoms with Crippen molar-refractivity contribution in [3.05, 3.63) is 0 Å². The summed E-state index contributed by atoms with van der Waals surface area (Å²) in [7, 11) is 0. The van der Waals surface area contributed by atoms with Crippen LogP contribution < -0.4 is 0 Å². The summed E-state index contributed by atoms with van der Waals surface area (Å²) in [6.07, 6.45) is 3.24. The van der Waals surface area contributed by atoms with Crippen LogP contribution in [-0.2, 0) is 4.74 Å². The monoisotopic (exact) mass is 283 g/mol. The minimum atomic E-state index is 0.378. The fraction of sp³-hybridized carbons (Fsp3) is 1.00. The van der Waals surface area contributed by atoms with E-state index >= 15 is 0 Å². The second-order valence-electron chi connectivity index (χ2n) is 3.80. The Bertz CT molecular complexity index is 140. The lowest BCUT2D eigenvalue weighted by Crippen LogP contribution is -2.38. The van der Waals surface area contributed by atoms with Crippen LogP contribution in [-0.4, -0.2) is 27.9 Å². The summed E-state index contributed by atoms with van der Waals surface area (Å²) in [4.78, 5) is 0. The van der Waals surface area contributed by atoms with Crippen molar-refractivity contribution >= 4 is 22.9 Å². The van der Waals surface area contributed by atoms with Crippen molar-refractivity contribution in [3.63, 3.8) is 0 Å². The number of rotatable bonds is 2. The number of hydrogen-bond acceptors (Lipinski definition) is 2. The fourth-order valence-electron chi connectivity index (χ4n) is 1.61. The first kappa shape index (κ1) is 10.7. The maximum Gasteiger partial charge on any atom is 0.0606 e. The molecule has 1 fully saturated rings. The van der Waals surface area contributed by atoms with E-state index in [0.29, 0.717) is 18.2 Å². The second-order valence-corrected chi connectivity index (χ2v) is 5.04. The van der Waals surface area contributed by atoms with Gasteiger partial charge >= 0.3 is 0 Å². The van der Waals surface area contributed by atoms with Gasteiger partial charge in [0.25, 0.3) is 0 Å². The first-order chi connectivity index (χ1) is 5.59. The number of nitrogens with zero attached hydrogens (tertiary/aromatic N) is 1. The topological polar surface area (TPSA) is 12.5 Å². The average molecular weight is 283 g/mol. The fourth-order valence-corrected chi connectivity index (χ4v) is 2.11. The summed E-state index contributed by atoms with van der Waals surface area (Å²) < 4.78 is 8.15. The zero-order valence-electron chi connectivity index (χ0n) is 8.09. The Morgan fingerprint density at radius 2 is 2.17 bits per heavy atom. The van der Waals surface area contributed by atoms with Crippen LogP contribution in [0.5, 0.6) is 0 Å². The van der Waals surface area contributed by atoms with Crippen LogP contribution >= 0.6 is 22.9 Å². The molecule has 0 bridgehead atoms. The summed E-state index contributed by atoms with van der Waals surface area (Å²) in [6.45, 7) is 7.66. The van der Waals surface area contributed by atoms with Crippen molar-refractivity contribution in [1.82, 2.24) is 3.11 Å². The maximum atomic E-state index is 5.78. The molecule has 2 nitrogen and oxygen atoms in total. The molecule has 1 aliphatic heterocycles. The molecule has 72 valence electrons. The van der Waals surface area contributed by atoms with Gasteiger partial charge in [-0.15, -0.1) is 0 Å². The van der Waals surface area contributed by atoms with Gasteiger partial charge in [0.15, 0.2) is 0 Å². The predicted octanol–water partition coefficient (Wildman–Crippen LogP) is 2.61. The van der Waals surface area contributed by atoms with Crippen molar-refractivity contribution in [2.24, 2.45) is 0 Å². The molecule has 0 spiro atoms. The highest BCUT2D eigenvalue weighted by atomic mass is 127. The van der Waals surface area contributed by atoms with Crippen molar-refractivity contribution in [2.75, 3.05) is 6.54 Å². The first-order valence-corrected chi connectivity index (χ1v) is 5.64. The highest BCUT2D eigenvalue weighted by Crippen LogP contribution is 2.23. The highest BCUT2D eigenvalue weighted by molar-refractivity contribution is 14.1. The zero-order valence-corrected chi connectivity index (χ0v) is 10.2. The van der Waals surface area contributed by atoms with Gasteiger partial charge in [-0.3, -0.25) is 0 Å². The van der Waals surface area contributed by atoms with E-state index in [1.807, 2.05) is 0 Å². The summed E-state index contributed by atoms with van der Waals surface area (Å²) in [5.41, 5.74) is 0. The second kappa shape index (κ2) is 4.77. The average Bonchev–Trinajstić information content (AvgIpc) is 1.96. The van der Waals surface area contributed by atoms with Crippen LogP contribution in [0, 0.1) is 0 Å². The van der Waals surface area contributed by atoms with Crippen molar-refractivity contribution in [2.45, 2.75) is 51.9 Å². The molecule has 0 N–H and O–H groups in total. The van der Waals surface area contributed by atoms with Crippen LogP contribution in [0.25, 0.3) is 0 Å². The number of halogens is 1. The minimum absolute atomic E-state index is 0.378. The van der Waals surface area contributed by atoms with E-state index in [9.17, 15) is 0 Å². The Morgan fingerprint density at radius 3 is 2.67 bits per heavy atom. The third-order valence-corrected chi connectivity index (χ3v) is 3.64. The first-order valence-electron chi connectivity index (χ1n) is 4.67. The van der Waals surface area contributed by atoms with E-state index in [2.05, 4.69) is 46.7 Å². The molecule has 1 saturated heterocycles. The van der Waals surface area contributed by atoms with Crippen LogP contribution in [0.3, 0.4) is 0 Å². The van der Waals surface area contributed by atoms with E-state index < -0.39 is 0 Å². The van der Waals surface area contributed by atoms with Crippen molar-refractivity contribution < 1.29 is 4.74 Å². The molecular formula is C9H18INO. The third kappa shape index (κ3) is 3.18. The largest absolute Gasteiger partial charge is 0.375 e. The molecule has 0 unspecified atom stereocenters. The normalized spacial score (nSPS) is 32.8. The van der Waals surface area contributed by atoms with E-state index in [4.69, 9.17) is 4.74 Å². The molecule has 0 aliphatic carbocycles. The Morgan fingerprint density at radius 1 is 1.50 bits per heavy atom. The summed E-state index contributed by atoms with van der Waals surface area (Å²) in [5.74, 6) is 0. The summed E-state index contributed by atoms with van der Waals surface area (Å²) in [5, 5.41) is 0. The third-order valence-electron chi connectivity index (χ3n) is 2.21. The molecule has 1 rings (SSSR count). The van der Waals surface area contributed by atoms with Gasteiger partial charge < -0.3 is 4.74 Å². The summed E-state index contributed by atoms with van der Waals surface area (Å²) >= 11 is 2.40. The predicted molar refractivity (Wildman–Crippen MR) is 59.4 cm³/mol. The molecule has 1 heterocycles. The number of ether oxygens (including phenoxy) is 1. The molecule has 0 saturated carbocycles.